The zero-order valence-electron chi connectivity index (χ0n) is 14.5. The van der Waals surface area contributed by atoms with Gasteiger partial charge in [0.05, 0.1) is 0 Å². The lowest BCUT2D eigenvalue weighted by molar-refractivity contribution is 0.543. The molecule has 0 bridgehead atoms. The number of H-pyrrole nitrogens is 1. The molecule has 0 unspecified atom stereocenters. The molecule has 19 heavy (non-hydrogen) atoms. The Bertz CT molecular complexity index is 301. The normalized spacial score (nSPS) is 12.0. The minimum Gasteiger partial charge on any atom is -0.361 e. The van der Waals surface area contributed by atoms with E-state index in [-0.39, 0.29) is 10.8 Å². The molecule has 0 aliphatic heterocycles. The van der Waals surface area contributed by atoms with Gasteiger partial charge in [0, 0.05) is 22.2 Å². The first-order valence-corrected chi connectivity index (χ1v) is 7.82. The summed E-state index contributed by atoms with van der Waals surface area (Å²) in [6.07, 6.45) is 5.54. The molecular formula is C18H35N. The summed E-state index contributed by atoms with van der Waals surface area (Å²) < 4.78 is 0. The maximum absolute atomic E-state index is 3.49. The van der Waals surface area contributed by atoms with Crippen molar-refractivity contribution in [1.29, 1.82) is 0 Å². The smallest absolute Gasteiger partial charge is 0.0204 e. The van der Waals surface area contributed by atoms with Gasteiger partial charge in [-0.1, -0.05) is 81.1 Å². The quantitative estimate of drug-likeness (QED) is 0.627. The lowest BCUT2D eigenvalue weighted by Gasteiger charge is -2.19. The highest BCUT2D eigenvalue weighted by atomic mass is 14.8. The predicted molar refractivity (Wildman–Crippen MR) is 88.0 cm³/mol. The lowest BCUT2D eigenvalue weighted by Crippen LogP contribution is -2.15. The van der Waals surface area contributed by atoms with Crippen LogP contribution in [0.4, 0.5) is 0 Å². The second-order valence-corrected chi connectivity index (χ2v) is 7.49. The van der Waals surface area contributed by atoms with Crippen molar-refractivity contribution in [2.45, 2.75) is 91.9 Å². The molecule has 0 saturated carbocycles. The van der Waals surface area contributed by atoms with E-state index in [1.807, 2.05) is 0 Å². The van der Waals surface area contributed by atoms with Crippen LogP contribution in [-0.4, -0.2) is 4.98 Å². The molecular weight excluding hydrogens is 230 g/mol. The first kappa shape index (κ1) is 18.3. The molecule has 0 radical (unpaired) electrons. The molecule has 1 heteroatoms. The Kier molecular flexibility index (Phi) is 7.47. The largest absolute Gasteiger partial charge is 0.361 e. The van der Waals surface area contributed by atoms with E-state index in [2.05, 4.69) is 72.5 Å². The zero-order chi connectivity index (χ0) is 15.1. The van der Waals surface area contributed by atoms with E-state index in [1.54, 1.807) is 0 Å². The van der Waals surface area contributed by atoms with Gasteiger partial charge in [0.15, 0.2) is 0 Å². The molecule has 1 N–H and O–H groups in total. The average Bonchev–Trinajstić information content (AvgIpc) is 2.75. The van der Waals surface area contributed by atoms with Crippen LogP contribution in [-0.2, 0) is 10.8 Å². The topological polar surface area (TPSA) is 15.8 Å². The molecule has 0 atom stereocenters. The standard InChI is InChI=1S/C12H21N.C6H14/c1-11(2,3)9-7-8-10(13-9)12(4,5)6;1-3-5-6-4-2/h7-8,13H,1-6H3;3-6H2,1-2H3. The molecule has 1 aromatic rings. The van der Waals surface area contributed by atoms with E-state index in [0.717, 1.165) is 0 Å². The van der Waals surface area contributed by atoms with Crippen molar-refractivity contribution in [1.82, 2.24) is 4.98 Å². The Morgan fingerprint density at radius 3 is 1.21 bits per heavy atom. The van der Waals surface area contributed by atoms with Crippen LogP contribution in [0.25, 0.3) is 0 Å². The maximum atomic E-state index is 3.49. The monoisotopic (exact) mass is 265 g/mol. The van der Waals surface area contributed by atoms with Gasteiger partial charge in [-0.3, -0.25) is 0 Å². The Hall–Kier alpha value is -0.720. The Morgan fingerprint density at radius 2 is 1.05 bits per heavy atom. The summed E-state index contributed by atoms with van der Waals surface area (Å²) in [4.78, 5) is 3.49. The fourth-order valence-electron chi connectivity index (χ4n) is 1.77. The number of unbranched alkanes of at least 4 members (excludes halogenated alkanes) is 3. The van der Waals surface area contributed by atoms with Crippen molar-refractivity contribution in [2.24, 2.45) is 0 Å². The Balaban J connectivity index is 0.000000459. The summed E-state index contributed by atoms with van der Waals surface area (Å²) >= 11 is 0. The van der Waals surface area contributed by atoms with Crippen LogP contribution in [0, 0.1) is 0 Å². The number of aromatic amines is 1. The number of rotatable bonds is 3. The second kappa shape index (κ2) is 7.77. The number of hydrogen-bond donors (Lipinski definition) is 1. The van der Waals surface area contributed by atoms with E-state index in [0.29, 0.717) is 0 Å². The number of hydrogen-bond acceptors (Lipinski definition) is 0. The average molecular weight is 265 g/mol. The van der Waals surface area contributed by atoms with Gasteiger partial charge in [0.1, 0.15) is 0 Å². The van der Waals surface area contributed by atoms with Gasteiger partial charge in [0.25, 0.3) is 0 Å². The van der Waals surface area contributed by atoms with Crippen LogP contribution < -0.4 is 0 Å². The molecule has 0 saturated heterocycles. The summed E-state index contributed by atoms with van der Waals surface area (Å²) in [6.45, 7) is 17.8. The van der Waals surface area contributed by atoms with E-state index < -0.39 is 0 Å². The van der Waals surface area contributed by atoms with E-state index in [4.69, 9.17) is 0 Å². The van der Waals surface area contributed by atoms with Gasteiger partial charge in [0.2, 0.25) is 0 Å². The van der Waals surface area contributed by atoms with Crippen LogP contribution in [0.5, 0.6) is 0 Å². The third-order valence-electron chi connectivity index (χ3n) is 3.26. The highest BCUT2D eigenvalue weighted by Gasteiger charge is 2.20. The summed E-state index contributed by atoms with van der Waals surface area (Å²) in [6, 6.07) is 4.39. The molecule has 1 nitrogen and oxygen atoms in total. The fraction of sp³-hybridized carbons (Fsp3) is 0.778. The zero-order valence-corrected chi connectivity index (χ0v) is 14.5. The van der Waals surface area contributed by atoms with Gasteiger partial charge in [-0.25, -0.2) is 0 Å². The third kappa shape index (κ3) is 7.44. The van der Waals surface area contributed by atoms with Gasteiger partial charge in [-0.2, -0.15) is 0 Å². The predicted octanol–water partition coefficient (Wildman–Crippen LogP) is 6.20. The van der Waals surface area contributed by atoms with Gasteiger partial charge in [-0.05, 0) is 12.1 Å². The van der Waals surface area contributed by atoms with Crippen LogP contribution >= 0.6 is 0 Å². The molecule has 1 heterocycles. The highest BCUT2D eigenvalue weighted by Crippen LogP contribution is 2.26. The summed E-state index contributed by atoms with van der Waals surface area (Å²) in [7, 11) is 0. The number of nitrogens with one attached hydrogen (secondary N) is 1. The van der Waals surface area contributed by atoms with Crippen molar-refractivity contribution in [3.63, 3.8) is 0 Å². The molecule has 112 valence electrons. The molecule has 0 aliphatic carbocycles. The minimum absolute atomic E-state index is 0.226. The summed E-state index contributed by atoms with van der Waals surface area (Å²) in [5, 5.41) is 0. The first-order chi connectivity index (χ1) is 8.62. The molecule has 0 spiro atoms. The molecule has 0 aliphatic rings. The molecule has 1 aromatic heterocycles. The molecule has 0 amide bonds. The fourth-order valence-corrected chi connectivity index (χ4v) is 1.77. The number of aromatic nitrogens is 1. The van der Waals surface area contributed by atoms with Gasteiger partial charge >= 0.3 is 0 Å². The summed E-state index contributed by atoms with van der Waals surface area (Å²) in [5.41, 5.74) is 3.09. The van der Waals surface area contributed by atoms with Crippen LogP contribution in [0.2, 0.25) is 0 Å². The molecule has 0 fully saturated rings. The Labute approximate surface area is 121 Å². The first-order valence-electron chi connectivity index (χ1n) is 7.82. The van der Waals surface area contributed by atoms with Crippen LogP contribution in [0.1, 0.15) is 92.5 Å². The van der Waals surface area contributed by atoms with Crippen molar-refractivity contribution in [3.8, 4) is 0 Å². The second-order valence-electron chi connectivity index (χ2n) is 7.49. The minimum atomic E-state index is 0.226. The molecule has 0 aromatic carbocycles. The van der Waals surface area contributed by atoms with Crippen LogP contribution in [0.15, 0.2) is 12.1 Å². The summed E-state index contributed by atoms with van der Waals surface area (Å²) in [5.74, 6) is 0. The Morgan fingerprint density at radius 1 is 0.737 bits per heavy atom. The van der Waals surface area contributed by atoms with Crippen molar-refractivity contribution >= 4 is 0 Å². The van der Waals surface area contributed by atoms with Gasteiger partial charge < -0.3 is 4.98 Å². The SMILES string of the molecule is CC(C)(C)c1ccc(C(C)(C)C)[nH]1.CCCCCC. The van der Waals surface area contributed by atoms with E-state index in [1.165, 1.54) is 37.1 Å². The van der Waals surface area contributed by atoms with Crippen LogP contribution in [0.3, 0.4) is 0 Å². The van der Waals surface area contributed by atoms with Crippen molar-refractivity contribution < 1.29 is 0 Å². The maximum Gasteiger partial charge on any atom is 0.0204 e. The van der Waals surface area contributed by atoms with Gasteiger partial charge in [-0.15, -0.1) is 0 Å². The van der Waals surface area contributed by atoms with Crippen molar-refractivity contribution in [3.05, 3.63) is 23.5 Å². The molecule has 1 rings (SSSR count). The van der Waals surface area contributed by atoms with E-state index >= 15 is 0 Å². The third-order valence-corrected chi connectivity index (χ3v) is 3.26. The highest BCUT2D eigenvalue weighted by molar-refractivity contribution is 5.23. The lowest BCUT2D eigenvalue weighted by atomic mass is 9.92. The van der Waals surface area contributed by atoms with E-state index in [9.17, 15) is 0 Å². The van der Waals surface area contributed by atoms with Crippen molar-refractivity contribution in [2.75, 3.05) is 0 Å².